The molecule has 0 saturated carbocycles. The van der Waals surface area contributed by atoms with Gasteiger partial charge < -0.3 is 5.73 Å². The number of hydrogen-bond acceptors (Lipinski definition) is 5. The summed E-state index contributed by atoms with van der Waals surface area (Å²) in [5.41, 5.74) is 11.1. The van der Waals surface area contributed by atoms with Crippen LogP contribution in [0.3, 0.4) is 0 Å². The highest BCUT2D eigenvalue weighted by Gasteiger charge is 2.25. The Labute approximate surface area is 164 Å². The first-order valence-corrected chi connectivity index (χ1v) is 9.30. The second kappa shape index (κ2) is 6.35. The lowest BCUT2D eigenvalue weighted by atomic mass is 10.0. The van der Waals surface area contributed by atoms with Gasteiger partial charge in [0, 0.05) is 18.2 Å². The van der Waals surface area contributed by atoms with Crippen molar-refractivity contribution in [1.29, 1.82) is 0 Å². The van der Waals surface area contributed by atoms with Crippen molar-refractivity contribution in [2.45, 2.75) is 19.9 Å². The number of hydrogen-bond donors (Lipinski definition) is 1. The number of anilines is 1. The Bertz CT molecular complexity index is 1100. The van der Waals surface area contributed by atoms with E-state index in [1.165, 1.54) is 6.33 Å². The molecule has 7 nitrogen and oxygen atoms in total. The Kier molecular flexibility index (Phi) is 4.14. The van der Waals surface area contributed by atoms with E-state index in [1.807, 2.05) is 41.5 Å². The molecule has 0 radical (unpaired) electrons. The van der Waals surface area contributed by atoms with Gasteiger partial charge in [0.05, 0.1) is 22.8 Å². The van der Waals surface area contributed by atoms with Gasteiger partial charge in [-0.25, -0.2) is 14.6 Å². The highest BCUT2D eigenvalue weighted by molar-refractivity contribution is 14.1. The van der Waals surface area contributed by atoms with E-state index in [1.54, 1.807) is 0 Å². The third-order valence-corrected chi connectivity index (χ3v) is 5.33. The molecule has 4 aromatic rings. The molecule has 0 saturated heterocycles. The summed E-state index contributed by atoms with van der Waals surface area (Å²) in [5.74, 6) is 0.448. The van der Waals surface area contributed by atoms with Crippen molar-refractivity contribution in [1.82, 2.24) is 29.5 Å². The van der Waals surface area contributed by atoms with Gasteiger partial charge in [0.1, 0.15) is 15.8 Å². The minimum Gasteiger partial charge on any atom is -0.383 e. The van der Waals surface area contributed by atoms with E-state index in [0.717, 1.165) is 37.2 Å². The molecule has 0 spiro atoms. The van der Waals surface area contributed by atoms with Gasteiger partial charge in [-0.05, 0) is 36.4 Å². The van der Waals surface area contributed by atoms with Crippen LogP contribution in [0, 0.1) is 10.6 Å². The molecule has 26 heavy (non-hydrogen) atoms. The predicted molar refractivity (Wildman–Crippen MR) is 110 cm³/mol. The first-order chi connectivity index (χ1) is 12.5. The molecular weight excluding hydrogens is 441 g/mol. The van der Waals surface area contributed by atoms with E-state index in [4.69, 9.17) is 10.8 Å². The number of aromatic nitrogens is 6. The van der Waals surface area contributed by atoms with Crippen LogP contribution >= 0.6 is 22.6 Å². The summed E-state index contributed by atoms with van der Waals surface area (Å²) >= 11 is 2.18. The topological polar surface area (TPSA) is 87.4 Å². The molecule has 1 atom stereocenters. The first kappa shape index (κ1) is 17.0. The first-order valence-electron chi connectivity index (χ1n) is 8.22. The second-order valence-electron chi connectivity index (χ2n) is 6.21. The van der Waals surface area contributed by atoms with Gasteiger partial charge in [0.2, 0.25) is 0 Å². The van der Waals surface area contributed by atoms with Gasteiger partial charge in [0.15, 0.2) is 5.65 Å². The van der Waals surface area contributed by atoms with Crippen LogP contribution < -0.4 is 5.73 Å². The average molecular weight is 459 g/mol. The van der Waals surface area contributed by atoms with E-state index in [2.05, 4.69) is 56.7 Å². The van der Waals surface area contributed by atoms with Crippen LogP contribution in [-0.4, -0.2) is 29.5 Å². The van der Waals surface area contributed by atoms with Gasteiger partial charge in [-0.3, -0.25) is 4.68 Å². The molecular formula is C18H18IN7. The lowest BCUT2D eigenvalue weighted by Crippen LogP contribution is -2.11. The molecule has 0 aliphatic carbocycles. The van der Waals surface area contributed by atoms with Crippen molar-refractivity contribution in [2.24, 2.45) is 7.05 Å². The number of nitrogens with two attached hydrogens (primary N) is 1. The molecule has 0 amide bonds. The highest BCUT2D eigenvalue weighted by Crippen LogP contribution is 2.34. The number of rotatable bonds is 3. The van der Waals surface area contributed by atoms with Gasteiger partial charge >= 0.3 is 0 Å². The minimum absolute atomic E-state index is 0.0563. The molecule has 132 valence electrons. The fourth-order valence-corrected chi connectivity index (χ4v) is 4.21. The van der Waals surface area contributed by atoms with E-state index in [0.29, 0.717) is 5.82 Å². The Balaban J connectivity index is 1.94. The maximum atomic E-state index is 6.04. The molecule has 8 heteroatoms. The van der Waals surface area contributed by atoms with Crippen LogP contribution in [0.2, 0.25) is 0 Å². The third-order valence-electron chi connectivity index (χ3n) is 4.58. The maximum Gasteiger partial charge on any atom is 0.165 e. The summed E-state index contributed by atoms with van der Waals surface area (Å²) < 4.78 is 4.63. The number of nitrogen functional groups attached to an aromatic ring is 1. The lowest BCUT2D eigenvalue weighted by molar-refractivity contribution is 0.573. The van der Waals surface area contributed by atoms with Gasteiger partial charge in [-0.1, -0.05) is 30.3 Å². The van der Waals surface area contributed by atoms with Crippen molar-refractivity contribution < 1.29 is 0 Å². The average Bonchev–Trinajstić information content (AvgIpc) is 3.12. The van der Waals surface area contributed by atoms with E-state index in [-0.39, 0.29) is 6.04 Å². The molecule has 3 heterocycles. The number of fused-ring (bicyclic) bond motifs is 1. The second-order valence-corrected chi connectivity index (χ2v) is 7.23. The predicted octanol–water partition coefficient (Wildman–Crippen LogP) is 3.33. The summed E-state index contributed by atoms with van der Waals surface area (Å²) in [5, 5.41) is 10.1. The van der Waals surface area contributed by atoms with Crippen molar-refractivity contribution in [2.75, 3.05) is 5.73 Å². The minimum atomic E-state index is -0.0563. The van der Waals surface area contributed by atoms with Crippen LogP contribution in [0.4, 0.5) is 5.82 Å². The largest absolute Gasteiger partial charge is 0.383 e. The smallest absolute Gasteiger partial charge is 0.165 e. The van der Waals surface area contributed by atoms with E-state index in [9.17, 15) is 0 Å². The number of benzene rings is 1. The summed E-state index contributed by atoms with van der Waals surface area (Å²) in [6, 6.07) is 10.2. The Hall–Kier alpha value is -2.49. The summed E-state index contributed by atoms with van der Waals surface area (Å²) in [4.78, 5) is 8.52. The van der Waals surface area contributed by atoms with Crippen molar-refractivity contribution in [3.05, 3.63) is 51.6 Å². The number of aryl methyl sites for hydroxylation is 2. The van der Waals surface area contributed by atoms with Crippen LogP contribution in [0.15, 0.2) is 36.7 Å². The molecule has 0 aliphatic heterocycles. The van der Waals surface area contributed by atoms with Crippen LogP contribution in [0.5, 0.6) is 0 Å². The zero-order valence-electron chi connectivity index (χ0n) is 14.7. The third kappa shape index (κ3) is 2.56. The van der Waals surface area contributed by atoms with Crippen LogP contribution in [0.25, 0.3) is 22.3 Å². The lowest BCUT2D eigenvalue weighted by Gasteiger charge is -2.16. The molecule has 2 N–H and O–H groups in total. The zero-order valence-corrected chi connectivity index (χ0v) is 16.8. The van der Waals surface area contributed by atoms with Gasteiger partial charge in [-0.2, -0.15) is 10.2 Å². The number of halogens is 1. The molecule has 0 bridgehead atoms. The monoisotopic (exact) mass is 459 g/mol. The number of nitrogens with zero attached hydrogens (tertiary/aromatic N) is 6. The molecule has 0 fully saturated rings. The fraction of sp³-hybridized carbons (Fsp3) is 0.222. The standard InChI is InChI=1S/C18H18IN7/c1-10-13(15(25(3)23-10)12-7-5-4-6-8-12)11(2)26-18-14(16(19)24-26)17(20)21-9-22-18/h4-9,11H,1-3H3,(H2,20,21,22). The van der Waals surface area contributed by atoms with Gasteiger partial charge in [0.25, 0.3) is 0 Å². The SMILES string of the molecule is Cc1nn(C)c(-c2ccccc2)c1C(C)n1nc(I)c2c(N)ncnc21. The van der Waals surface area contributed by atoms with Crippen LogP contribution in [-0.2, 0) is 7.05 Å². The Morgan fingerprint density at radius 2 is 1.85 bits per heavy atom. The van der Waals surface area contributed by atoms with Crippen molar-refractivity contribution in [3.8, 4) is 11.3 Å². The fourth-order valence-electron chi connectivity index (χ4n) is 3.46. The van der Waals surface area contributed by atoms with E-state index < -0.39 is 0 Å². The molecule has 4 rings (SSSR count). The summed E-state index contributed by atoms with van der Waals surface area (Å²) in [6.07, 6.45) is 1.48. The molecule has 1 aromatic carbocycles. The quantitative estimate of drug-likeness (QED) is 0.475. The van der Waals surface area contributed by atoms with Crippen molar-refractivity contribution in [3.63, 3.8) is 0 Å². The van der Waals surface area contributed by atoms with Gasteiger partial charge in [-0.15, -0.1) is 0 Å². The summed E-state index contributed by atoms with van der Waals surface area (Å²) in [7, 11) is 1.97. The maximum absolute atomic E-state index is 6.04. The molecule has 1 unspecified atom stereocenters. The van der Waals surface area contributed by atoms with E-state index >= 15 is 0 Å². The molecule has 3 aromatic heterocycles. The summed E-state index contributed by atoms with van der Waals surface area (Å²) in [6.45, 7) is 4.13. The normalized spacial score (nSPS) is 12.6. The highest BCUT2D eigenvalue weighted by atomic mass is 127. The Morgan fingerprint density at radius 3 is 2.58 bits per heavy atom. The molecule has 0 aliphatic rings. The Morgan fingerprint density at radius 1 is 1.12 bits per heavy atom. The zero-order chi connectivity index (χ0) is 18.4. The van der Waals surface area contributed by atoms with Crippen LogP contribution in [0.1, 0.15) is 24.2 Å². The van der Waals surface area contributed by atoms with Crippen molar-refractivity contribution >= 4 is 39.4 Å².